The molecule has 0 saturated carbocycles. The van der Waals surface area contributed by atoms with Gasteiger partial charge in [0, 0.05) is 23.8 Å². The largest absolute Gasteiger partial charge is 0.380 e. The van der Waals surface area contributed by atoms with Gasteiger partial charge in [-0.05, 0) is 25.1 Å². The lowest BCUT2D eigenvalue weighted by atomic mass is 10.2. The fourth-order valence-corrected chi connectivity index (χ4v) is 2.07. The minimum Gasteiger partial charge on any atom is -0.380 e. The first kappa shape index (κ1) is 15.9. The topological polar surface area (TPSA) is 72.5 Å². The molecule has 0 radical (unpaired) electrons. The van der Waals surface area contributed by atoms with Crippen LogP contribution in [0.25, 0.3) is 0 Å². The van der Waals surface area contributed by atoms with Crippen LogP contribution in [0, 0.1) is 5.82 Å². The lowest BCUT2D eigenvalue weighted by molar-refractivity contribution is 0.0918. The lowest BCUT2D eigenvalue weighted by Gasteiger charge is -2.06. The predicted octanol–water partition coefficient (Wildman–Crippen LogP) is 1.52. The number of ether oxygens (including phenoxy) is 1. The molecule has 0 bridgehead atoms. The number of halogens is 2. The Labute approximate surface area is 115 Å². The van der Waals surface area contributed by atoms with E-state index in [1.807, 2.05) is 6.92 Å². The number of carbonyl (C=O) groups is 1. The normalized spacial score (nSPS) is 11.3. The molecule has 1 aromatic rings. The lowest BCUT2D eigenvalue weighted by Crippen LogP contribution is -2.28. The van der Waals surface area contributed by atoms with Crippen molar-refractivity contribution in [3.05, 3.63) is 29.6 Å². The molecule has 0 spiro atoms. The molecule has 0 fully saturated rings. The summed E-state index contributed by atoms with van der Waals surface area (Å²) < 4.78 is 40.6. The van der Waals surface area contributed by atoms with E-state index >= 15 is 0 Å². The van der Waals surface area contributed by atoms with Crippen LogP contribution in [0.1, 0.15) is 17.3 Å². The van der Waals surface area contributed by atoms with Gasteiger partial charge < -0.3 is 10.1 Å². The van der Waals surface area contributed by atoms with E-state index in [1.165, 1.54) is 0 Å². The Bertz CT molecular complexity index is 562. The Kier molecular flexibility index (Phi) is 5.71. The fraction of sp³-hybridized carbons (Fsp3) is 0.364. The molecule has 0 aliphatic rings. The van der Waals surface area contributed by atoms with Gasteiger partial charge in [-0.25, -0.2) is 12.8 Å². The van der Waals surface area contributed by atoms with Crippen molar-refractivity contribution < 1.29 is 22.3 Å². The van der Waals surface area contributed by atoms with E-state index in [0.29, 0.717) is 19.3 Å². The van der Waals surface area contributed by atoms with Gasteiger partial charge >= 0.3 is 0 Å². The molecule has 0 atom stereocenters. The quantitative estimate of drug-likeness (QED) is 0.639. The minimum absolute atomic E-state index is 0.238. The standard InChI is InChI=1S/C11H13ClFNO4S/c1-2-18-6-5-14-11(15)9-4-3-8(7-10(9)13)19(12,16)17/h3-4,7H,2,5-6H2,1H3,(H,14,15). The van der Waals surface area contributed by atoms with Gasteiger partial charge in [0.25, 0.3) is 15.0 Å². The number of hydrogen-bond acceptors (Lipinski definition) is 4. The van der Waals surface area contributed by atoms with E-state index in [4.69, 9.17) is 15.4 Å². The molecular formula is C11H13ClFNO4S. The summed E-state index contributed by atoms with van der Waals surface area (Å²) in [6, 6.07) is 2.85. The van der Waals surface area contributed by atoms with Crippen LogP contribution in [-0.2, 0) is 13.8 Å². The van der Waals surface area contributed by atoms with Crippen molar-refractivity contribution in [2.24, 2.45) is 0 Å². The van der Waals surface area contributed by atoms with Gasteiger partial charge in [-0.2, -0.15) is 0 Å². The maximum atomic E-state index is 13.6. The van der Waals surface area contributed by atoms with E-state index in [-0.39, 0.29) is 12.1 Å². The third kappa shape index (κ3) is 4.77. The van der Waals surface area contributed by atoms with Crippen molar-refractivity contribution in [1.29, 1.82) is 0 Å². The highest BCUT2D eigenvalue weighted by atomic mass is 35.7. The van der Waals surface area contributed by atoms with Gasteiger partial charge in [0.2, 0.25) is 0 Å². The van der Waals surface area contributed by atoms with Crippen LogP contribution in [-0.4, -0.2) is 34.1 Å². The summed E-state index contributed by atoms with van der Waals surface area (Å²) in [5, 5.41) is 2.45. The fourth-order valence-electron chi connectivity index (χ4n) is 1.31. The molecule has 0 unspecified atom stereocenters. The zero-order valence-corrected chi connectivity index (χ0v) is 11.7. The first-order chi connectivity index (χ1) is 8.86. The van der Waals surface area contributed by atoms with Crippen LogP contribution in [0.5, 0.6) is 0 Å². The van der Waals surface area contributed by atoms with Gasteiger partial charge in [-0.1, -0.05) is 0 Å². The molecule has 1 rings (SSSR count). The van der Waals surface area contributed by atoms with Crippen LogP contribution in [0.2, 0.25) is 0 Å². The number of rotatable bonds is 6. The van der Waals surface area contributed by atoms with E-state index in [2.05, 4.69) is 5.32 Å². The van der Waals surface area contributed by atoms with E-state index in [0.717, 1.165) is 12.1 Å². The first-order valence-electron chi connectivity index (χ1n) is 5.46. The monoisotopic (exact) mass is 309 g/mol. The first-order valence-corrected chi connectivity index (χ1v) is 7.77. The summed E-state index contributed by atoms with van der Waals surface area (Å²) in [6.45, 7) is 2.89. The Morgan fingerprint density at radius 1 is 1.47 bits per heavy atom. The van der Waals surface area contributed by atoms with Gasteiger partial charge in [-0.3, -0.25) is 4.79 Å². The Balaban J connectivity index is 2.77. The maximum Gasteiger partial charge on any atom is 0.261 e. The van der Waals surface area contributed by atoms with Crippen molar-refractivity contribution in [3.63, 3.8) is 0 Å². The molecule has 1 aromatic carbocycles. The summed E-state index contributed by atoms with van der Waals surface area (Å²) in [6.07, 6.45) is 0. The van der Waals surface area contributed by atoms with Crippen molar-refractivity contribution in [2.75, 3.05) is 19.8 Å². The van der Waals surface area contributed by atoms with Crippen LogP contribution < -0.4 is 5.32 Å². The second-order valence-corrected chi connectivity index (χ2v) is 6.10. The van der Waals surface area contributed by atoms with Gasteiger partial charge in [0.15, 0.2) is 0 Å². The van der Waals surface area contributed by atoms with Crippen molar-refractivity contribution in [3.8, 4) is 0 Å². The van der Waals surface area contributed by atoms with Crippen LogP contribution in [0.3, 0.4) is 0 Å². The summed E-state index contributed by atoms with van der Waals surface area (Å²) in [5.41, 5.74) is -0.249. The predicted molar refractivity (Wildman–Crippen MR) is 68.3 cm³/mol. The highest BCUT2D eigenvalue weighted by Crippen LogP contribution is 2.18. The number of hydrogen-bond donors (Lipinski definition) is 1. The third-order valence-corrected chi connectivity index (χ3v) is 3.55. The van der Waals surface area contributed by atoms with Crippen LogP contribution in [0.15, 0.2) is 23.1 Å². The zero-order chi connectivity index (χ0) is 14.5. The van der Waals surface area contributed by atoms with E-state index < -0.39 is 25.7 Å². The molecule has 19 heavy (non-hydrogen) atoms. The van der Waals surface area contributed by atoms with Gasteiger partial charge in [0.1, 0.15) is 5.82 Å². The number of carbonyl (C=O) groups excluding carboxylic acids is 1. The molecular weight excluding hydrogens is 297 g/mol. The molecule has 1 amide bonds. The number of nitrogens with one attached hydrogen (secondary N) is 1. The molecule has 0 heterocycles. The SMILES string of the molecule is CCOCCNC(=O)c1ccc(S(=O)(=O)Cl)cc1F. The summed E-state index contributed by atoms with van der Waals surface area (Å²) in [7, 11) is 1.06. The average Bonchev–Trinajstić information content (AvgIpc) is 2.33. The van der Waals surface area contributed by atoms with Crippen molar-refractivity contribution >= 4 is 25.6 Å². The molecule has 0 aliphatic heterocycles. The summed E-state index contributed by atoms with van der Waals surface area (Å²) in [5.74, 6) is -1.59. The van der Waals surface area contributed by atoms with Crippen LogP contribution >= 0.6 is 10.7 Å². The summed E-state index contributed by atoms with van der Waals surface area (Å²) >= 11 is 0. The second-order valence-electron chi connectivity index (χ2n) is 3.53. The van der Waals surface area contributed by atoms with Crippen LogP contribution in [0.4, 0.5) is 4.39 Å². The molecule has 0 saturated heterocycles. The highest BCUT2D eigenvalue weighted by Gasteiger charge is 2.16. The third-order valence-electron chi connectivity index (χ3n) is 2.20. The zero-order valence-electron chi connectivity index (χ0n) is 10.2. The van der Waals surface area contributed by atoms with E-state index in [1.54, 1.807) is 0 Å². The van der Waals surface area contributed by atoms with Crippen molar-refractivity contribution in [1.82, 2.24) is 5.32 Å². The van der Waals surface area contributed by atoms with E-state index in [9.17, 15) is 17.6 Å². The van der Waals surface area contributed by atoms with Gasteiger partial charge in [0.05, 0.1) is 17.1 Å². The average molecular weight is 310 g/mol. The smallest absolute Gasteiger partial charge is 0.261 e. The minimum atomic E-state index is -4.01. The van der Waals surface area contributed by atoms with Crippen molar-refractivity contribution in [2.45, 2.75) is 11.8 Å². The second kappa shape index (κ2) is 6.83. The molecule has 5 nitrogen and oxygen atoms in total. The molecule has 0 aromatic heterocycles. The molecule has 1 N–H and O–H groups in total. The Morgan fingerprint density at radius 3 is 2.68 bits per heavy atom. The molecule has 106 valence electrons. The maximum absolute atomic E-state index is 13.6. The molecule has 0 aliphatic carbocycles. The highest BCUT2D eigenvalue weighted by molar-refractivity contribution is 8.13. The summed E-state index contributed by atoms with van der Waals surface area (Å²) in [4.78, 5) is 11.2. The Morgan fingerprint density at radius 2 is 2.16 bits per heavy atom. The number of benzene rings is 1. The number of amides is 1. The van der Waals surface area contributed by atoms with Gasteiger partial charge in [-0.15, -0.1) is 0 Å². The Hall–Kier alpha value is -1.18. The molecule has 8 heteroatoms.